The Bertz CT molecular complexity index is 447. The van der Waals surface area contributed by atoms with E-state index >= 15 is 0 Å². The zero-order chi connectivity index (χ0) is 9.26. The number of benzene rings is 1. The molecule has 0 saturated heterocycles. The van der Waals surface area contributed by atoms with Crippen LogP contribution in [-0.4, -0.2) is 16.2 Å². The van der Waals surface area contributed by atoms with Gasteiger partial charge in [-0.2, -0.15) is 0 Å². The van der Waals surface area contributed by atoms with Gasteiger partial charge in [0.05, 0.1) is 0 Å². The highest BCUT2D eigenvalue weighted by atomic mass is 16.7. The first kappa shape index (κ1) is 7.67. The number of carbonyl (C=O) groups is 1. The largest absolute Gasteiger partial charge is 0.511 e. The van der Waals surface area contributed by atoms with Crippen LogP contribution in [0.15, 0.2) is 30.5 Å². The van der Waals surface area contributed by atoms with Crippen LogP contribution in [-0.2, 0) is 0 Å². The summed E-state index contributed by atoms with van der Waals surface area (Å²) in [7, 11) is 0. The molecule has 1 heterocycles. The van der Waals surface area contributed by atoms with Crippen molar-refractivity contribution in [1.82, 2.24) is 4.98 Å². The second-order valence-electron chi connectivity index (χ2n) is 2.57. The van der Waals surface area contributed by atoms with Gasteiger partial charge >= 0.3 is 6.16 Å². The molecule has 0 atom stereocenters. The summed E-state index contributed by atoms with van der Waals surface area (Å²) >= 11 is 0. The van der Waals surface area contributed by atoms with E-state index in [-0.39, 0.29) is 0 Å². The van der Waals surface area contributed by atoms with E-state index in [1.807, 2.05) is 18.2 Å². The molecule has 0 amide bonds. The molecule has 1 aromatic carbocycles. The number of para-hydroxylation sites is 1. The van der Waals surface area contributed by atoms with Gasteiger partial charge in [-0.1, -0.05) is 12.1 Å². The Hall–Kier alpha value is -1.97. The molecule has 4 nitrogen and oxygen atoms in total. The first-order chi connectivity index (χ1) is 6.27. The Morgan fingerprint density at radius 3 is 2.92 bits per heavy atom. The van der Waals surface area contributed by atoms with Gasteiger partial charge < -0.3 is 14.8 Å². The van der Waals surface area contributed by atoms with E-state index in [0.29, 0.717) is 5.75 Å². The average molecular weight is 177 g/mol. The third kappa shape index (κ3) is 1.33. The molecule has 66 valence electrons. The fraction of sp³-hybridized carbons (Fsp3) is 0. The Morgan fingerprint density at radius 1 is 1.38 bits per heavy atom. The van der Waals surface area contributed by atoms with Crippen LogP contribution in [0.3, 0.4) is 0 Å². The molecule has 0 unspecified atom stereocenters. The number of hydrogen-bond acceptors (Lipinski definition) is 2. The van der Waals surface area contributed by atoms with E-state index in [0.717, 1.165) is 10.9 Å². The van der Waals surface area contributed by atoms with E-state index in [9.17, 15) is 4.79 Å². The summed E-state index contributed by atoms with van der Waals surface area (Å²) in [6.45, 7) is 0. The van der Waals surface area contributed by atoms with Crippen molar-refractivity contribution in [1.29, 1.82) is 0 Å². The number of fused-ring (bicyclic) bond motifs is 1. The van der Waals surface area contributed by atoms with Gasteiger partial charge in [-0.3, -0.25) is 0 Å². The monoisotopic (exact) mass is 177 g/mol. The first-order valence-electron chi connectivity index (χ1n) is 3.74. The first-order valence-corrected chi connectivity index (χ1v) is 3.74. The lowest BCUT2D eigenvalue weighted by Crippen LogP contribution is -2.01. The van der Waals surface area contributed by atoms with Crippen LogP contribution in [0.25, 0.3) is 10.9 Å². The van der Waals surface area contributed by atoms with Gasteiger partial charge in [0.25, 0.3) is 0 Å². The summed E-state index contributed by atoms with van der Waals surface area (Å²) in [5.74, 6) is 0.336. The molecule has 0 fully saturated rings. The molecule has 0 spiro atoms. The number of nitrogens with one attached hydrogen (secondary N) is 1. The summed E-state index contributed by atoms with van der Waals surface area (Å²) in [6.07, 6.45) is 0.225. The summed E-state index contributed by atoms with van der Waals surface area (Å²) in [5, 5.41) is 9.18. The highest BCUT2D eigenvalue weighted by molar-refractivity contribution is 5.87. The Kier molecular flexibility index (Phi) is 1.66. The van der Waals surface area contributed by atoms with Gasteiger partial charge in [0.1, 0.15) is 0 Å². The second-order valence-corrected chi connectivity index (χ2v) is 2.57. The van der Waals surface area contributed by atoms with Crippen LogP contribution >= 0.6 is 0 Å². The molecular weight excluding hydrogens is 170 g/mol. The van der Waals surface area contributed by atoms with Crippen molar-refractivity contribution < 1.29 is 14.6 Å². The number of hydrogen-bond donors (Lipinski definition) is 2. The molecule has 0 bridgehead atoms. The Balaban J connectivity index is 2.51. The van der Waals surface area contributed by atoms with Crippen LogP contribution in [0, 0.1) is 0 Å². The molecule has 0 radical (unpaired) electrons. The number of ether oxygens (including phenoxy) is 1. The topological polar surface area (TPSA) is 62.3 Å². The third-order valence-corrected chi connectivity index (χ3v) is 1.75. The summed E-state index contributed by atoms with van der Waals surface area (Å²) in [5.41, 5.74) is 0.860. The average Bonchev–Trinajstić information content (AvgIpc) is 2.48. The van der Waals surface area contributed by atoms with Gasteiger partial charge in [0.15, 0.2) is 5.75 Å². The van der Waals surface area contributed by atoms with E-state index in [1.54, 1.807) is 6.07 Å². The highest BCUT2D eigenvalue weighted by Crippen LogP contribution is 2.24. The third-order valence-electron chi connectivity index (χ3n) is 1.75. The van der Waals surface area contributed by atoms with Crippen molar-refractivity contribution in [3.05, 3.63) is 30.5 Å². The van der Waals surface area contributed by atoms with Crippen LogP contribution in [0.5, 0.6) is 5.75 Å². The molecule has 1 aromatic heterocycles. The normalized spacial score (nSPS) is 10.2. The molecule has 2 N–H and O–H groups in total. The SMILES string of the molecule is O=C(O)Oc1c[nH]c2ccccc12. The lowest BCUT2D eigenvalue weighted by molar-refractivity contribution is 0.145. The molecule has 0 aliphatic rings. The Labute approximate surface area is 73.8 Å². The number of aromatic nitrogens is 1. The van der Waals surface area contributed by atoms with Crippen molar-refractivity contribution in [3.63, 3.8) is 0 Å². The van der Waals surface area contributed by atoms with Crippen molar-refractivity contribution in [2.24, 2.45) is 0 Å². The molecule has 13 heavy (non-hydrogen) atoms. The maximum Gasteiger partial charge on any atom is 0.511 e. The lowest BCUT2D eigenvalue weighted by Gasteiger charge is -1.95. The predicted octanol–water partition coefficient (Wildman–Crippen LogP) is 2.22. The van der Waals surface area contributed by atoms with Crippen LogP contribution in [0.2, 0.25) is 0 Å². The van der Waals surface area contributed by atoms with Gasteiger partial charge in [-0.15, -0.1) is 0 Å². The van der Waals surface area contributed by atoms with E-state index in [1.165, 1.54) is 6.20 Å². The zero-order valence-corrected chi connectivity index (χ0v) is 6.65. The molecule has 2 aromatic rings. The molecule has 4 heteroatoms. The minimum atomic E-state index is -1.30. The number of aromatic amines is 1. The van der Waals surface area contributed by atoms with Gasteiger partial charge in [-0.05, 0) is 12.1 Å². The second kappa shape index (κ2) is 2.82. The van der Waals surface area contributed by atoms with Crippen molar-refractivity contribution in [2.75, 3.05) is 0 Å². The Morgan fingerprint density at radius 2 is 2.15 bits per heavy atom. The lowest BCUT2D eigenvalue weighted by atomic mass is 10.2. The number of carboxylic acid groups (broad SMARTS) is 1. The standard InChI is InChI=1S/C9H7NO3/c11-9(12)13-8-5-10-7-4-2-1-3-6(7)8/h1-5,10H,(H,11,12). The predicted molar refractivity (Wildman–Crippen MR) is 47.0 cm³/mol. The van der Waals surface area contributed by atoms with Crippen LogP contribution < -0.4 is 4.74 Å². The summed E-state index contributed by atoms with van der Waals surface area (Å²) in [6, 6.07) is 7.34. The summed E-state index contributed by atoms with van der Waals surface area (Å²) < 4.78 is 4.55. The molecular formula is C9H7NO3. The highest BCUT2D eigenvalue weighted by Gasteiger charge is 2.06. The fourth-order valence-electron chi connectivity index (χ4n) is 1.22. The number of rotatable bonds is 1. The quantitative estimate of drug-likeness (QED) is 0.656. The van der Waals surface area contributed by atoms with Crippen molar-refractivity contribution in [2.45, 2.75) is 0 Å². The van der Waals surface area contributed by atoms with Gasteiger partial charge in [0.2, 0.25) is 0 Å². The van der Waals surface area contributed by atoms with E-state index < -0.39 is 6.16 Å². The molecule has 2 rings (SSSR count). The molecule has 0 aliphatic carbocycles. The maximum absolute atomic E-state index is 10.3. The van der Waals surface area contributed by atoms with Crippen molar-refractivity contribution >= 4 is 17.1 Å². The minimum Gasteiger partial charge on any atom is -0.449 e. The van der Waals surface area contributed by atoms with Gasteiger partial charge in [-0.25, -0.2) is 4.79 Å². The number of H-pyrrole nitrogens is 1. The van der Waals surface area contributed by atoms with Crippen LogP contribution in [0.4, 0.5) is 4.79 Å². The smallest absolute Gasteiger partial charge is 0.449 e. The molecule has 0 aliphatic heterocycles. The zero-order valence-electron chi connectivity index (χ0n) is 6.65. The molecule has 0 saturated carbocycles. The van der Waals surface area contributed by atoms with Crippen molar-refractivity contribution in [3.8, 4) is 5.75 Å². The van der Waals surface area contributed by atoms with E-state index in [4.69, 9.17) is 5.11 Å². The van der Waals surface area contributed by atoms with E-state index in [2.05, 4.69) is 9.72 Å². The fourth-order valence-corrected chi connectivity index (χ4v) is 1.22. The minimum absolute atomic E-state index is 0.336. The van der Waals surface area contributed by atoms with Crippen LogP contribution in [0.1, 0.15) is 0 Å². The maximum atomic E-state index is 10.3. The summed E-state index contributed by atoms with van der Waals surface area (Å²) in [4.78, 5) is 13.2. The van der Waals surface area contributed by atoms with Gasteiger partial charge in [0, 0.05) is 17.1 Å².